The van der Waals surface area contributed by atoms with Crippen molar-refractivity contribution in [1.82, 2.24) is 15.5 Å². The van der Waals surface area contributed by atoms with Crippen molar-refractivity contribution in [3.63, 3.8) is 0 Å². The van der Waals surface area contributed by atoms with Crippen LogP contribution in [0.4, 0.5) is 4.79 Å². The Kier molecular flexibility index (Phi) is 10.1. The van der Waals surface area contributed by atoms with Gasteiger partial charge in [-0.1, -0.05) is 48.0 Å². The summed E-state index contributed by atoms with van der Waals surface area (Å²) in [5, 5.41) is 6.08. The first-order valence-corrected chi connectivity index (χ1v) is 16.2. The van der Waals surface area contributed by atoms with Gasteiger partial charge in [0, 0.05) is 40.4 Å². The second-order valence-corrected chi connectivity index (χ2v) is 13.2. The third-order valence-electron chi connectivity index (χ3n) is 8.43. The summed E-state index contributed by atoms with van der Waals surface area (Å²) in [4.78, 5) is 42.8. The maximum atomic E-state index is 13.9. The fourth-order valence-corrected chi connectivity index (χ4v) is 6.97. The van der Waals surface area contributed by atoms with E-state index in [0.717, 1.165) is 73.6 Å². The summed E-state index contributed by atoms with van der Waals surface area (Å²) in [5.74, 6) is 0.211. The Morgan fingerprint density at radius 3 is 2.38 bits per heavy atom. The Morgan fingerprint density at radius 2 is 1.62 bits per heavy atom. The molecule has 5 rings (SSSR count). The average molecular weight is 623 g/mol. The van der Waals surface area contributed by atoms with E-state index in [9.17, 15) is 14.4 Å². The van der Waals surface area contributed by atoms with Gasteiger partial charge in [0.15, 0.2) is 0 Å². The topological polar surface area (TPSA) is 97.0 Å². The molecule has 214 valence electrons. The predicted molar refractivity (Wildman–Crippen MR) is 153 cm³/mol. The van der Waals surface area contributed by atoms with E-state index in [4.69, 9.17) is 8.92 Å². The highest BCUT2D eigenvalue weighted by molar-refractivity contribution is 9.10. The van der Waals surface area contributed by atoms with Gasteiger partial charge in [-0.15, -0.1) is 0 Å². The molecular formula is C29H40BrN3O5S. The average Bonchev–Trinajstić information content (AvgIpc) is 3.27. The number of carbonyl (C=O) groups is 3. The SMILES string of the molecule is O=C(N[C@H]1CCCCCCC[C@@H]2C[C@@H]2NC(=O)[C@@H]2C[C@H](OSc3ccc(Br)cc3)CN2C1=O)OC1CCCC1. The Hall–Kier alpha value is -1.78. The standard InChI is InChI=1S/C29H40BrN3O5S/c30-20-12-14-23(15-13-20)39-38-22-17-26-27(34)31-25-16-19(25)8-4-2-1-3-5-11-24(28(35)33(26)18-22)32-29(36)37-21-9-6-7-10-21/h12-15,19,21-22,24-26H,1-11,16-18H2,(H,31,34)(H,32,36)/t19-,22+,24+,25+,26+/m1/s1. The Balaban J connectivity index is 1.28. The van der Waals surface area contributed by atoms with Crippen LogP contribution in [0.3, 0.4) is 0 Å². The van der Waals surface area contributed by atoms with Crippen LogP contribution in [0.15, 0.2) is 33.6 Å². The zero-order valence-electron chi connectivity index (χ0n) is 22.4. The molecule has 4 aliphatic rings. The van der Waals surface area contributed by atoms with Crippen molar-refractivity contribution >= 4 is 45.9 Å². The van der Waals surface area contributed by atoms with E-state index < -0.39 is 18.2 Å². The van der Waals surface area contributed by atoms with Crippen LogP contribution in [0.2, 0.25) is 0 Å². The van der Waals surface area contributed by atoms with Gasteiger partial charge in [0.05, 0.1) is 6.10 Å². The minimum absolute atomic E-state index is 0.0763. The molecule has 4 fully saturated rings. The number of nitrogens with one attached hydrogen (secondary N) is 2. The van der Waals surface area contributed by atoms with Gasteiger partial charge in [-0.2, -0.15) is 0 Å². The second kappa shape index (κ2) is 13.7. The number of hydrogen-bond donors (Lipinski definition) is 2. The molecule has 0 bridgehead atoms. The number of fused-ring (bicyclic) bond motifs is 2. The minimum Gasteiger partial charge on any atom is -0.446 e. The van der Waals surface area contributed by atoms with Gasteiger partial charge in [0.2, 0.25) is 11.8 Å². The summed E-state index contributed by atoms with van der Waals surface area (Å²) in [5.41, 5.74) is 0. The molecule has 3 amide bonds. The van der Waals surface area contributed by atoms with Gasteiger partial charge in [0.1, 0.15) is 18.2 Å². The summed E-state index contributed by atoms with van der Waals surface area (Å²) >= 11 is 4.71. The van der Waals surface area contributed by atoms with Gasteiger partial charge < -0.3 is 24.5 Å². The van der Waals surface area contributed by atoms with E-state index in [-0.39, 0.29) is 30.1 Å². The van der Waals surface area contributed by atoms with Crippen LogP contribution in [0.5, 0.6) is 0 Å². The maximum Gasteiger partial charge on any atom is 0.408 e. The molecule has 10 heteroatoms. The van der Waals surface area contributed by atoms with E-state index >= 15 is 0 Å². The van der Waals surface area contributed by atoms with E-state index in [0.29, 0.717) is 25.3 Å². The summed E-state index contributed by atoms with van der Waals surface area (Å²) in [6.45, 7) is 0.310. The summed E-state index contributed by atoms with van der Waals surface area (Å²) < 4.78 is 12.7. The Bertz CT molecular complexity index is 1010. The molecule has 0 spiro atoms. The minimum atomic E-state index is -0.717. The monoisotopic (exact) mass is 621 g/mol. The van der Waals surface area contributed by atoms with Crippen molar-refractivity contribution in [3.05, 3.63) is 28.7 Å². The summed E-state index contributed by atoms with van der Waals surface area (Å²) in [6.07, 6.45) is 11.4. The molecule has 0 unspecified atom stereocenters. The summed E-state index contributed by atoms with van der Waals surface area (Å²) in [7, 11) is 0. The van der Waals surface area contributed by atoms with Gasteiger partial charge in [-0.05, 0) is 75.1 Å². The lowest BCUT2D eigenvalue weighted by molar-refractivity contribution is -0.140. The van der Waals surface area contributed by atoms with Crippen LogP contribution in [0.25, 0.3) is 0 Å². The van der Waals surface area contributed by atoms with Crippen LogP contribution >= 0.6 is 28.0 Å². The van der Waals surface area contributed by atoms with Gasteiger partial charge in [-0.3, -0.25) is 9.59 Å². The van der Waals surface area contributed by atoms with Gasteiger partial charge in [0.25, 0.3) is 0 Å². The lowest BCUT2D eigenvalue weighted by atomic mass is 10.0. The fraction of sp³-hybridized carbons (Fsp3) is 0.690. The van der Waals surface area contributed by atoms with Crippen LogP contribution in [-0.4, -0.2) is 59.7 Å². The van der Waals surface area contributed by atoms with Crippen LogP contribution < -0.4 is 10.6 Å². The molecule has 5 atom stereocenters. The first kappa shape index (κ1) is 28.7. The largest absolute Gasteiger partial charge is 0.446 e. The smallest absolute Gasteiger partial charge is 0.408 e. The molecule has 2 saturated carbocycles. The normalized spacial score (nSPS) is 30.5. The number of ether oxygens (including phenoxy) is 1. The van der Waals surface area contributed by atoms with Crippen molar-refractivity contribution in [3.8, 4) is 0 Å². The molecule has 2 heterocycles. The lowest BCUT2D eigenvalue weighted by Crippen LogP contribution is -2.54. The summed E-state index contributed by atoms with van der Waals surface area (Å²) in [6, 6.07) is 6.70. The highest BCUT2D eigenvalue weighted by Gasteiger charge is 2.45. The fourth-order valence-electron chi connectivity index (χ4n) is 6.07. The van der Waals surface area contributed by atoms with Crippen molar-refractivity contribution in [2.75, 3.05) is 6.54 Å². The van der Waals surface area contributed by atoms with Gasteiger partial charge in [-0.25, -0.2) is 4.79 Å². The first-order chi connectivity index (χ1) is 19.0. The quantitative estimate of drug-likeness (QED) is 0.408. The number of hydrogen-bond acceptors (Lipinski definition) is 6. The van der Waals surface area contributed by atoms with E-state index in [1.165, 1.54) is 18.5 Å². The highest BCUT2D eigenvalue weighted by atomic mass is 79.9. The maximum absolute atomic E-state index is 13.9. The van der Waals surface area contributed by atoms with Crippen LogP contribution in [-0.2, 0) is 18.5 Å². The molecule has 0 aromatic heterocycles. The molecule has 0 radical (unpaired) electrons. The number of alkyl carbamates (subject to hydrolysis) is 1. The number of amides is 3. The Labute approximate surface area is 244 Å². The number of benzene rings is 1. The Morgan fingerprint density at radius 1 is 0.923 bits per heavy atom. The first-order valence-electron chi connectivity index (χ1n) is 14.6. The third kappa shape index (κ3) is 8.13. The molecule has 2 aliphatic carbocycles. The zero-order chi connectivity index (χ0) is 27.2. The predicted octanol–water partition coefficient (Wildman–Crippen LogP) is 5.73. The molecule has 1 aromatic carbocycles. The van der Waals surface area contributed by atoms with Crippen LogP contribution in [0.1, 0.15) is 83.5 Å². The van der Waals surface area contributed by atoms with Gasteiger partial charge >= 0.3 is 6.09 Å². The van der Waals surface area contributed by atoms with Crippen molar-refractivity contribution in [1.29, 1.82) is 0 Å². The molecule has 2 N–H and O–H groups in total. The molecule has 2 saturated heterocycles. The van der Waals surface area contributed by atoms with Crippen molar-refractivity contribution in [2.45, 2.75) is 119 Å². The molecule has 39 heavy (non-hydrogen) atoms. The van der Waals surface area contributed by atoms with E-state index in [1.54, 1.807) is 4.90 Å². The third-order valence-corrected chi connectivity index (χ3v) is 9.79. The molecule has 2 aliphatic heterocycles. The van der Waals surface area contributed by atoms with E-state index in [1.807, 2.05) is 24.3 Å². The highest BCUT2D eigenvalue weighted by Crippen LogP contribution is 2.36. The number of rotatable bonds is 5. The zero-order valence-corrected chi connectivity index (χ0v) is 24.9. The molecule has 8 nitrogen and oxygen atoms in total. The van der Waals surface area contributed by atoms with E-state index in [2.05, 4.69) is 26.6 Å². The molecule has 1 aromatic rings. The van der Waals surface area contributed by atoms with Crippen LogP contribution in [0, 0.1) is 5.92 Å². The van der Waals surface area contributed by atoms with Crippen molar-refractivity contribution < 1.29 is 23.3 Å². The number of nitrogens with zero attached hydrogens (tertiary/aromatic N) is 1. The molecular weight excluding hydrogens is 582 g/mol. The lowest BCUT2D eigenvalue weighted by Gasteiger charge is -2.29. The van der Waals surface area contributed by atoms with Crippen molar-refractivity contribution in [2.24, 2.45) is 5.92 Å². The number of carbonyl (C=O) groups excluding carboxylic acids is 3. The second-order valence-electron chi connectivity index (χ2n) is 11.5. The number of halogens is 1.